The number of aromatic nitrogens is 2. The molecule has 0 amide bonds. The smallest absolute Gasteiger partial charge is 0.0406 e. The molecular formula is C15H22ClN3Pt. The largest absolute Gasteiger partial charge is 0.326 e. The van der Waals surface area contributed by atoms with Crippen LogP contribution in [-0.2, 0) is 38.5 Å². The molecule has 2 aromatic rings. The fraction of sp³-hybridized carbons (Fsp3) is 0.400. The van der Waals surface area contributed by atoms with E-state index in [1.165, 1.54) is 3.80 Å². The number of nitrogens with zero attached hydrogens (tertiary/aromatic N) is 2. The summed E-state index contributed by atoms with van der Waals surface area (Å²) in [5.74, 6) is 0. The summed E-state index contributed by atoms with van der Waals surface area (Å²) in [4.78, 5) is 0. The molecule has 0 aliphatic carbocycles. The number of hydrogen-bond donors (Lipinski definition) is 1. The Bertz CT molecular complexity index is 591. The molecule has 0 bridgehead atoms. The van der Waals surface area contributed by atoms with Crippen LogP contribution < -0.4 is 5.73 Å². The van der Waals surface area contributed by atoms with Gasteiger partial charge in [0.2, 0.25) is 0 Å². The van der Waals surface area contributed by atoms with Gasteiger partial charge in [0.25, 0.3) is 0 Å². The van der Waals surface area contributed by atoms with Crippen LogP contribution in [0.4, 0.5) is 0 Å². The average molecular weight is 475 g/mol. The van der Waals surface area contributed by atoms with Crippen LogP contribution in [0.2, 0.25) is 5.02 Å². The summed E-state index contributed by atoms with van der Waals surface area (Å²) < 4.78 is 5.64. The van der Waals surface area contributed by atoms with Gasteiger partial charge in [0.15, 0.2) is 0 Å². The van der Waals surface area contributed by atoms with Crippen LogP contribution >= 0.6 is 11.6 Å². The van der Waals surface area contributed by atoms with Crippen LogP contribution in [0.3, 0.4) is 0 Å². The standard InChI is InChI=1S/C8H14N2.C7H8ClN.Pt/c1-8(2,3)10-6-5-9(4)7-10;8-7-3-1-6(5-9)2-4-7;/h5-6H,1-4H3;1-4H,5,9H2;. The summed E-state index contributed by atoms with van der Waals surface area (Å²) in [5, 5.41) is 0.757. The number of rotatable bonds is 1. The van der Waals surface area contributed by atoms with E-state index in [4.69, 9.17) is 17.3 Å². The van der Waals surface area contributed by atoms with E-state index in [0.29, 0.717) is 6.54 Å². The molecule has 1 aromatic heterocycles. The first-order valence-corrected chi connectivity index (χ1v) is 7.91. The van der Waals surface area contributed by atoms with Crippen molar-refractivity contribution < 1.29 is 19.4 Å². The third kappa shape index (κ3) is 5.05. The van der Waals surface area contributed by atoms with E-state index >= 15 is 0 Å². The molecule has 0 atom stereocenters. The monoisotopic (exact) mass is 474 g/mol. The van der Waals surface area contributed by atoms with Gasteiger partial charge in [-0.1, -0.05) is 23.7 Å². The minimum Gasteiger partial charge on any atom is -0.326 e. The summed E-state index contributed by atoms with van der Waals surface area (Å²) in [6.45, 7) is 7.19. The average Bonchev–Trinajstić information content (AvgIpc) is 2.71. The summed E-state index contributed by atoms with van der Waals surface area (Å²) >= 11 is 7.96. The third-order valence-electron chi connectivity index (χ3n) is 2.76. The van der Waals surface area contributed by atoms with Crippen molar-refractivity contribution in [3.63, 3.8) is 0 Å². The third-order valence-corrected chi connectivity index (χ3v) is 4.36. The van der Waals surface area contributed by atoms with Crippen molar-refractivity contribution in [1.29, 1.82) is 0 Å². The number of halogens is 1. The predicted molar refractivity (Wildman–Crippen MR) is 81.0 cm³/mol. The normalized spacial score (nSPS) is 11.0. The molecule has 20 heavy (non-hydrogen) atoms. The fourth-order valence-corrected chi connectivity index (χ4v) is 2.78. The Balaban J connectivity index is 0.000000204. The van der Waals surface area contributed by atoms with E-state index in [1.54, 1.807) is 0 Å². The van der Waals surface area contributed by atoms with E-state index in [1.807, 2.05) is 24.3 Å². The van der Waals surface area contributed by atoms with Crippen LogP contribution in [0.1, 0.15) is 26.3 Å². The molecule has 0 fully saturated rings. The maximum Gasteiger partial charge on any atom is 0.0406 e. The van der Waals surface area contributed by atoms with Crippen molar-refractivity contribution in [3.8, 4) is 0 Å². The molecule has 5 heteroatoms. The molecule has 1 aromatic carbocycles. The van der Waals surface area contributed by atoms with Gasteiger partial charge in [-0.2, -0.15) is 0 Å². The van der Waals surface area contributed by atoms with Gasteiger partial charge in [0, 0.05) is 11.6 Å². The van der Waals surface area contributed by atoms with Gasteiger partial charge in [-0.05, 0) is 17.7 Å². The fourth-order valence-electron chi connectivity index (χ4n) is 1.55. The number of aryl methyl sites for hydroxylation is 1. The summed E-state index contributed by atoms with van der Waals surface area (Å²) in [6.07, 6.45) is 4.19. The Kier molecular flexibility index (Phi) is 6.44. The molecule has 2 N–H and O–H groups in total. The molecule has 1 heterocycles. The van der Waals surface area contributed by atoms with Gasteiger partial charge in [-0.15, -0.1) is 0 Å². The second-order valence-corrected chi connectivity index (χ2v) is 6.97. The van der Waals surface area contributed by atoms with Crippen molar-refractivity contribution >= 4 is 11.6 Å². The molecule has 0 aliphatic rings. The van der Waals surface area contributed by atoms with E-state index in [-0.39, 0.29) is 5.54 Å². The van der Waals surface area contributed by atoms with E-state index in [2.05, 4.69) is 68.7 Å². The summed E-state index contributed by atoms with van der Waals surface area (Å²) in [7, 11) is 2.06. The van der Waals surface area contributed by atoms with Gasteiger partial charge in [0.1, 0.15) is 0 Å². The first-order chi connectivity index (χ1) is 9.25. The first kappa shape index (κ1) is 17.4. The molecule has 0 saturated carbocycles. The number of imidazole rings is 1. The van der Waals surface area contributed by atoms with Gasteiger partial charge in [0.05, 0.1) is 0 Å². The zero-order valence-corrected chi connectivity index (χ0v) is 15.4. The minimum atomic E-state index is 0.193. The van der Waals surface area contributed by atoms with Gasteiger partial charge < -0.3 is 5.73 Å². The van der Waals surface area contributed by atoms with E-state index in [0.717, 1.165) is 10.6 Å². The summed E-state index contributed by atoms with van der Waals surface area (Å²) in [6, 6.07) is 7.51. The first-order valence-electron chi connectivity index (χ1n) is 6.40. The predicted octanol–water partition coefficient (Wildman–Crippen LogP) is 3.46. The van der Waals surface area contributed by atoms with Gasteiger partial charge in [-0.25, -0.2) is 0 Å². The Morgan fingerprint density at radius 3 is 2.00 bits per heavy atom. The molecule has 3 nitrogen and oxygen atoms in total. The Morgan fingerprint density at radius 2 is 1.70 bits per heavy atom. The van der Waals surface area contributed by atoms with Crippen LogP contribution in [0, 0.1) is 3.80 Å². The van der Waals surface area contributed by atoms with Crippen molar-refractivity contribution in [3.05, 3.63) is 51.0 Å². The van der Waals surface area contributed by atoms with Crippen LogP contribution in [-0.4, -0.2) is 9.13 Å². The molecular weight excluding hydrogens is 453 g/mol. The quantitative estimate of drug-likeness (QED) is 0.675. The maximum absolute atomic E-state index is 5.63. The summed E-state index contributed by atoms with van der Waals surface area (Å²) in [5.41, 5.74) is 6.66. The topological polar surface area (TPSA) is 35.9 Å². The minimum absolute atomic E-state index is 0.193. The maximum atomic E-state index is 5.63. The Labute approximate surface area is 136 Å². The molecule has 2 rings (SSSR count). The van der Waals surface area contributed by atoms with Crippen molar-refractivity contribution in [2.75, 3.05) is 0 Å². The van der Waals surface area contributed by atoms with E-state index < -0.39 is 0 Å². The molecule has 0 spiro atoms. The van der Waals surface area contributed by atoms with Crippen molar-refractivity contribution in [2.45, 2.75) is 32.9 Å². The number of hydrogen-bond acceptors (Lipinski definition) is 1. The number of nitrogens with two attached hydrogens (primary N) is 1. The second kappa shape index (κ2) is 7.40. The molecule has 0 unspecified atom stereocenters. The van der Waals surface area contributed by atoms with Crippen LogP contribution in [0.5, 0.6) is 0 Å². The van der Waals surface area contributed by atoms with Crippen molar-refractivity contribution in [2.24, 2.45) is 12.8 Å². The zero-order valence-electron chi connectivity index (χ0n) is 12.3. The molecule has 0 radical (unpaired) electrons. The van der Waals surface area contributed by atoms with E-state index in [9.17, 15) is 0 Å². The van der Waals surface area contributed by atoms with Gasteiger partial charge >= 0.3 is 78.0 Å². The molecule has 114 valence electrons. The van der Waals surface area contributed by atoms with Crippen LogP contribution in [0.15, 0.2) is 36.7 Å². The second-order valence-electron chi connectivity index (χ2n) is 5.52. The Hall–Kier alpha value is -0.632. The van der Waals surface area contributed by atoms with Gasteiger partial charge in [-0.3, -0.25) is 0 Å². The SMILES string of the molecule is Cn1ccn(C(C)(C)C)[c]1=[Pt].NCc1ccc(Cl)cc1. The van der Waals surface area contributed by atoms with Crippen molar-refractivity contribution in [1.82, 2.24) is 9.13 Å². The Morgan fingerprint density at radius 1 is 1.15 bits per heavy atom. The van der Waals surface area contributed by atoms with Crippen LogP contribution in [0.25, 0.3) is 0 Å². The molecule has 0 aliphatic heterocycles. The number of benzene rings is 1. The zero-order chi connectivity index (χ0) is 15.3. The molecule has 0 saturated heterocycles.